The highest BCUT2D eigenvalue weighted by Gasteiger charge is 2.12. The summed E-state index contributed by atoms with van der Waals surface area (Å²) in [5.74, 6) is 0.169. The van der Waals surface area contributed by atoms with Gasteiger partial charge in [-0.1, -0.05) is 24.3 Å². The van der Waals surface area contributed by atoms with Crippen molar-refractivity contribution in [3.05, 3.63) is 84.4 Å². The number of amides is 1. The van der Waals surface area contributed by atoms with Crippen LogP contribution in [0.25, 0.3) is 0 Å². The van der Waals surface area contributed by atoms with E-state index in [9.17, 15) is 9.59 Å². The molecule has 3 aromatic rings. The first kappa shape index (κ1) is 19.9. The van der Waals surface area contributed by atoms with Crippen LogP contribution in [0, 0.1) is 0 Å². The molecule has 1 amide bonds. The van der Waals surface area contributed by atoms with E-state index < -0.39 is 11.9 Å². The van der Waals surface area contributed by atoms with Gasteiger partial charge in [0.2, 0.25) is 0 Å². The van der Waals surface area contributed by atoms with Crippen molar-refractivity contribution in [3.8, 4) is 11.5 Å². The zero-order chi connectivity index (χ0) is 20.6. The predicted octanol–water partition coefficient (Wildman–Crippen LogP) is 4.34. The highest BCUT2D eigenvalue weighted by molar-refractivity contribution is 5.95. The molecule has 29 heavy (non-hydrogen) atoms. The smallest absolute Gasteiger partial charge is 0.338 e. The minimum absolute atomic E-state index is 0.307. The Kier molecular flexibility index (Phi) is 6.47. The molecule has 6 nitrogen and oxygen atoms in total. The number of nitrogens with zero attached hydrogens (tertiary/aromatic N) is 1. The van der Waals surface area contributed by atoms with Gasteiger partial charge >= 0.3 is 5.97 Å². The van der Waals surface area contributed by atoms with Gasteiger partial charge in [0.25, 0.3) is 5.91 Å². The Hall–Kier alpha value is -3.80. The lowest BCUT2D eigenvalue weighted by Gasteiger charge is -2.13. The molecule has 0 radical (unpaired) electrons. The summed E-state index contributed by atoms with van der Waals surface area (Å²) in [7, 11) is 3.87. The van der Waals surface area contributed by atoms with Gasteiger partial charge in [0.1, 0.15) is 11.5 Å². The van der Waals surface area contributed by atoms with Gasteiger partial charge in [-0.15, -0.1) is 0 Å². The van der Waals surface area contributed by atoms with Gasteiger partial charge in [-0.25, -0.2) is 4.79 Å². The maximum Gasteiger partial charge on any atom is 0.338 e. The van der Waals surface area contributed by atoms with Crippen LogP contribution in [0.15, 0.2) is 78.9 Å². The van der Waals surface area contributed by atoms with Gasteiger partial charge in [-0.3, -0.25) is 4.79 Å². The second-order valence-corrected chi connectivity index (χ2v) is 6.51. The maximum atomic E-state index is 12.3. The number of esters is 1. The van der Waals surface area contributed by atoms with E-state index in [-0.39, 0.29) is 6.61 Å². The van der Waals surface area contributed by atoms with E-state index in [4.69, 9.17) is 9.47 Å². The minimum atomic E-state index is -0.596. The molecule has 0 aromatic heterocycles. The number of carbonyl (C=O) groups is 2. The number of anilines is 2. The van der Waals surface area contributed by atoms with Crippen molar-refractivity contribution >= 4 is 23.3 Å². The molecule has 3 aromatic carbocycles. The lowest BCUT2D eigenvalue weighted by atomic mass is 10.2. The van der Waals surface area contributed by atoms with Gasteiger partial charge in [0.15, 0.2) is 6.61 Å². The Morgan fingerprint density at radius 3 is 2.24 bits per heavy atom. The Balaban J connectivity index is 1.53. The molecule has 0 fully saturated rings. The van der Waals surface area contributed by atoms with E-state index in [1.54, 1.807) is 36.4 Å². The lowest BCUT2D eigenvalue weighted by Crippen LogP contribution is -2.21. The fraction of sp³-hybridized carbons (Fsp3) is 0.130. The summed E-state index contributed by atoms with van der Waals surface area (Å²) >= 11 is 0. The van der Waals surface area contributed by atoms with Crippen molar-refractivity contribution in [3.63, 3.8) is 0 Å². The molecule has 3 rings (SSSR count). The van der Waals surface area contributed by atoms with Crippen molar-refractivity contribution in [1.82, 2.24) is 0 Å². The first-order valence-corrected chi connectivity index (χ1v) is 9.08. The molecule has 1 N–H and O–H groups in total. The summed E-state index contributed by atoms with van der Waals surface area (Å²) in [6, 6.07) is 23.2. The summed E-state index contributed by atoms with van der Waals surface area (Å²) in [5.41, 5.74) is 1.96. The molecule has 0 saturated heterocycles. The average Bonchev–Trinajstić information content (AvgIpc) is 2.73. The van der Waals surface area contributed by atoms with Gasteiger partial charge in [-0.05, 0) is 54.6 Å². The number of ether oxygens (including phenoxy) is 2. The van der Waals surface area contributed by atoms with E-state index >= 15 is 0 Å². The molecular weight excluding hydrogens is 368 g/mol. The summed E-state index contributed by atoms with van der Waals surface area (Å²) in [4.78, 5) is 26.3. The number of nitrogens with one attached hydrogen (secondary N) is 1. The van der Waals surface area contributed by atoms with Crippen molar-refractivity contribution < 1.29 is 19.1 Å². The van der Waals surface area contributed by atoms with Gasteiger partial charge < -0.3 is 19.7 Å². The monoisotopic (exact) mass is 390 g/mol. The third kappa shape index (κ3) is 5.84. The average molecular weight is 390 g/mol. The Bertz CT molecular complexity index is 970. The number of hydrogen-bond donors (Lipinski definition) is 1. The first-order valence-electron chi connectivity index (χ1n) is 9.08. The van der Waals surface area contributed by atoms with Gasteiger partial charge in [-0.2, -0.15) is 0 Å². The highest BCUT2D eigenvalue weighted by atomic mass is 16.5. The summed E-state index contributed by atoms with van der Waals surface area (Å²) in [6.45, 7) is -0.377. The van der Waals surface area contributed by atoms with Crippen LogP contribution in [-0.2, 0) is 9.53 Å². The van der Waals surface area contributed by atoms with Crippen LogP contribution < -0.4 is 15.0 Å². The minimum Gasteiger partial charge on any atom is -0.457 e. The van der Waals surface area contributed by atoms with E-state index in [1.165, 1.54) is 0 Å². The molecule has 6 heteroatoms. The van der Waals surface area contributed by atoms with Crippen molar-refractivity contribution in [2.45, 2.75) is 0 Å². The van der Waals surface area contributed by atoms with Crippen LogP contribution in [0.3, 0.4) is 0 Å². The van der Waals surface area contributed by atoms with E-state index in [1.807, 2.05) is 61.5 Å². The molecule has 0 saturated carbocycles. The van der Waals surface area contributed by atoms with Crippen LogP contribution in [0.5, 0.6) is 11.5 Å². The highest BCUT2D eigenvalue weighted by Crippen LogP contribution is 2.22. The largest absolute Gasteiger partial charge is 0.457 e. The summed E-state index contributed by atoms with van der Waals surface area (Å²) in [6.07, 6.45) is 0. The molecule has 0 aliphatic rings. The molecule has 148 valence electrons. The fourth-order valence-corrected chi connectivity index (χ4v) is 2.57. The SMILES string of the molecule is CN(C)c1ccc(NC(=O)COC(=O)c2cccc(Oc3ccccc3)c2)cc1. The standard InChI is InChI=1S/C23H22N2O4/c1-25(2)19-13-11-18(12-14-19)24-22(26)16-28-23(27)17-7-6-10-21(15-17)29-20-8-4-3-5-9-20/h3-15H,16H2,1-2H3,(H,24,26). The number of rotatable bonds is 7. The van der Waals surface area contributed by atoms with Crippen LogP contribution >= 0.6 is 0 Å². The first-order chi connectivity index (χ1) is 14.0. The lowest BCUT2D eigenvalue weighted by molar-refractivity contribution is -0.119. The van der Waals surface area contributed by atoms with E-state index in [0.717, 1.165) is 5.69 Å². The van der Waals surface area contributed by atoms with Crippen molar-refractivity contribution in [2.24, 2.45) is 0 Å². The number of benzene rings is 3. The Morgan fingerprint density at radius 1 is 0.862 bits per heavy atom. The molecule has 0 unspecified atom stereocenters. The number of carbonyl (C=O) groups excluding carboxylic acids is 2. The summed E-state index contributed by atoms with van der Waals surface area (Å²) < 4.78 is 10.8. The topological polar surface area (TPSA) is 67.9 Å². The maximum absolute atomic E-state index is 12.3. The van der Waals surface area contributed by atoms with Crippen molar-refractivity contribution in [2.75, 3.05) is 30.9 Å². The molecule has 0 heterocycles. The van der Waals surface area contributed by atoms with Crippen LogP contribution in [-0.4, -0.2) is 32.6 Å². The molecule has 0 bridgehead atoms. The van der Waals surface area contributed by atoms with Crippen LogP contribution in [0.4, 0.5) is 11.4 Å². The molecular formula is C23H22N2O4. The normalized spacial score (nSPS) is 10.1. The Morgan fingerprint density at radius 2 is 1.55 bits per heavy atom. The van der Waals surface area contributed by atoms with E-state index in [2.05, 4.69) is 5.32 Å². The zero-order valence-corrected chi connectivity index (χ0v) is 16.3. The van der Waals surface area contributed by atoms with Crippen molar-refractivity contribution in [1.29, 1.82) is 0 Å². The van der Waals surface area contributed by atoms with Crippen LogP contribution in [0.2, 0.25) is 0 Å². The molecule has 0 spiro atoms. The number of para-hydroxylation sites is 1. The second-order valence-electron chi connectivity index (χ2n) is 6.51. The van der Waals surface area contributed by atoms with E-state index in [0.29, 0.717) is 22.7 Å². The number of hydrogen-bond acceptors (Lipinski definition) is 5. The molecule has 0 aliphatic heterocycles. The molecule has 0 atom stereocenters. The predicted molar refractivity (Wildman–Crippen MR) is 113 cm³/mol. The third-order valence-electron chi connectivity index (χ3n) is 4.05. The Labute approximate surface area is 169 Å². The quantitative estimate of drug-likeness (QED) is 0.608. The van der Waals surface area contributed by atoms with Gasteiger partial charge in [0.05, 0.1) is 5.56 Å². The van der Waals surface area contributed by atoms with Crippen LogP contribution in [0.1, 0.15) is 10.4 Å². The fourth-order valence-electron chi connectivity index (χ4n) is 2.57. The third-order valence-corrected chi connectivity index (χ3v) is 4.05. The summed E-state index contributed by atoms with van der Waals surface area (Å²) in [5, 5.41) is 2.70. The second kappa shape index (κ2) is 9.41. The zero-order valence-electron chi connectivity index (χ0n) is 16.3. The van der Waals surface area contributed by atoms with Gasteiger partial charge in [0, 0.05) is 25.5 Å². The molecule has 0 aliphatic carbocycles.